The van der Waals surface area contributed by atoms with Gasteiger partial charge in [-0.1, -0.05) is 41.6 Å². The van der Waals surface area contributed by atoms with Crippen molar-refractivity contribution in [2.24, 2.45) is 0 Å². The molecule has 0 fully saturated rings. The first-order valence-electron chi connectivity index (χ1n) is 11.4. The molecule has 0 amide bonds. The first-order chi connectivity index (χ1) is 17.2. The lowest BCUT2D eigenvalue weighted by molar-refractivity contribution is -0.670. The second-order valence-corrected chi connectivity index (χ2v) is 12.3. The maximum Gasteiger partial charge on any atom is 0.263 e. The Balaban J connectivity index is 1.72. The fourth-order valence-corrected chi connectivity index (χ4v) is 6.96. The van der Waals surface area contributed by atoms with Gasteiger partial charge in [0.2, 0.25) is 5.52 Å². The molecule has 1 N–H and O–H groups in total. The number of anilines is 1. The molecule has 0 saturated carbocycles. The van der Waals surface area contributed by atoms with Crippen molar-refractivity contribution in [1.29, 1.82) is 0 Å². The van der Waals surface area contributed by atoms with E-state index in [9.17, 15) is 18.1 Å². The summed E-state index contributed by atoms with van der Waals surface area (Å²) < 4.78 is 42.1. The second kappa shape index (κ2) is 11.5. The van der Waals surface area contributed by atoms with Crippen molar-refractivity contribution in [1.82, 2.24) is 0 Å². The molecular weight excluding hydrogens is 540 g/mol. The minimum Gasteiger partial charge on any atom is -0.748 e. The van der Waals surface area contributed by atoms with E-state index in [0.717, 1.165) is 48.6 Å². The molecule has 0 saturated heterocycles. The highest BCUT2D eigenvalue weighted by Crippen LogP contribution is 2.47. The topological polar surface area (TPSA) is 93.8 Å². The van der Waals surface area contributed by atoms with Crippen molar-refractivity contribution >= 4 is 66.8 Å². The number of aliphatic hydroxyl groups is 1. The summed E-state index contributed by atoms with van der Waals surface area (Å²) >= 11 is 9.48. The van der Waals surface area contributed by atoms with Crippen LogP contribution in [0.15, 0.2) is 58.0 Å². The van der Waals surface area contributed by atoms with E-state index in [1.54, 1.807) is 30.2 Å². The number of aliphatic hydroxyl groups excluding tert-OH is 1. The predicted molar refractivity (Wildman–Crippen MR) is 146 cm³/mol. The number of methoxy groups -OCH3 is 1. The number of fused-ring (bicyclic) bond motifs is 2. The molecule has 0 bridgehead atoms. The molecule has 0 unspecified atom stereocenters. The zero-order valence-corrected chi connectivity index (χ0v) is 23.1. The lowest BCUT2D eigenvalue weighted by Gasteiger charge is -2.21. The third kappa shape index (κ3) is 6.24. The van der Waals surface area contributed by atoms with Crippen LogP contribution in [0.25, 0.3) is 16.3 Å². The van der Waals surface area contributed by atoms with E-state index in [0.29, 0.717) is 18.1 Å². The summed E-state index contributed by atoms with van der Waals surface area (Å²) in [4.78, 5) is 3.05. The van der Waals surface area contributed by atoms with Crippen molar-refractivity contribution < 1.29 is 27.4 Å². The fourth-order valence-electron chi connectivity index (χ4n) is 4.02. The van der Waals surface area contributed by atoms with Crippen LogP contribution in [0.2, 0.25) is 5.02 Å². The van der Waals surface area contributed by atoms with Crippen LogP contribution in [0, 0.1) is 0 Å². The largest absolute Gasteiger partial charge is 0.748 e. The van der Waals surface area contributed by atoms with Gasteiger partial charge in [0.05, 0.1) is 34.0 Å². The van der Waals surface area contributed by atoms with Gasteiger partial charge in [-0.15, -0.1) is 0 Å². The predicted octanol–water partition coefficient (Wildman–Crippen LogP) is 5.03. The lowest BCUT2D eigenvalue weighted by Crippen LogP contribution is -2.36. The zero-order chi connectivity index (χ0) is 25.9. The summed E-state index contributed by atoms with van der Waals surface area (Å²) in [5, 5.41) is 12.2. The Hall–Kier alpha value is -2.08. The Kier molecular flexibility index (Phi) is 8.64. The summed E-state index contributed by atoms with van der Waals surface area (Å²) in [6, 6.07) is 11.6. The van der Waals surface area contributed by atoms with Gasteiger partial charge in [0.15, 0.2) is 6.54 Å². The standard InChI is InChI=1S/C25H27ClN2O5S3/c1-3-17(14-25-28(10-11-29)21-16-19(33-2)6-8-23(21)35-25)13-24-27(9-4-12-36(30,31)32)20-15-18(26)5-7-22(20)34-24/h5-8,13-16,29H,3-4,9-12H2,1-2H3. The van der Waals surface area contributed by atoms with Gasteiger partial charge in [-0.2, -0.15) is 4.57 Å². The van der Waals surface area contributed by atoms with Gasteiger partial charge in [0.25, 0.3) is 5.01 Å². The van der Waals surface area contributed by atoms with Crippen molar-refractivity contribution in [3.63, 3.8) is 0 Å². The van der Waals surface area contributed by atoms with Crippen LogP contribution in [0.4, 0.5) is 5.69 Å². The van der Waals surface area contributed by atoms with Gasteiger partial charge in [-0.3, -0.25) is 0 Å². The number of thiazole rings is 1. The van der Waals surface area contributed by atoms with Crippen LogP contribution in [0.1, 0.15) is 24.8 Å². The summed E-state index contributed by atoms with van der Waals surface area (Å²) in [6.07, 6.45) is 5.20. The molecule has 3 aromatic rings. The lowest BCUT2D eigenvalue weighted by atomic mass is 10.2. The molecule has 1 aromatic heterocycles. The highest BCUT2D eigenvalue weighted by atomic mass is 35.5. The minimum absolute atomic E-state index is 0.0133. The van der Waals surface area contributed by atoms with Crippen molar-refractivity contribution in [2.75, 3.05) is 30.9 Å². The summed E-state index contributed by atoms with van der Waals surface area (Å²) in [5.41, 5.74) is 2.98. The molecule has 0 spiro atoms. The SMILES string of the molecule is CCC(=C/c1sc2ccc(OC)cc2[n+]1CCO)/C=C1/Sc2ccc(Cl)cc2N1CCCS(=O)(=O)[O-]. The summed E-state index contributed by atoms with van der Waals surface area (Å²) in [6.45, 7) is 2.94. The molecule has 0 aliphatic carbocycles. The van der Waals surface area contributed by atoms with Crippen LogP contribution < -0.4 is 14.2 Å². The van der Waals surface area contributed by atoms with E-state index in [-0.39, 0.29) is 13.0 Å². The molecule has 0 atom stereocenters. The Bertz CT molecular complexity index is 1430. The van der Waals surface area contributed by atoms with E-state index in [2.05, 4.69) is 23.6 Å². The third-order valence-electron chi connectivity index (χ3n) is 5.76. The normalized spacial score (nSPS) is 15.2. The number of nitrogens with zero attached hydrogens (tertiary/aromatic N) is 2. The van der Waals surface area contributed by atoms with Gasteiger partial charge < -0.3 is 19.3 Å². The molecule has 2 aromatic carbocycles. The number of allylic oxidation sites excluding steroid dienone is 2. The highest BCUT2D eigenvalue weighted by molar-refractivity contribution is 8.03. The molecule has 0 radical (unpaired) electrons. The zero-order valence-electron chi connectivity index (χ0n) is 19.9. The molecule has 2 heterocycles. The number of halogens is 1. The minimum atomic E-state index is -4.29. The van der Waals surface area contributed by atoms with Crippen molar-refractivity contribution in [3.8, 4) is 5.75 Å². The first kappa shape index (κ1) is 27.0. The van der Waals surface area contributed by atoms with Crippen LogP contribution in [-0.4, -0.2) is 44.1 Å². The number of hydrogen-bond acceptors (Lipinski definition) is 8. The molecule has 7 nitrogen and oxygen atoms in total. The van der Waals surface area contributed by atoms with Crippen molar-refractivity contribution in [2.45, 2.75) is 31.2 Å². The van der Waals surface area contributed by atoms with Gasteiger partial charge >= 0.3 is 0 Å². The maximum atomic E-state index is 11.2. The van der Waals surface area contributed by atoms with Crippen LogP contribution in [-0.2, 0) is 16.7 Å². The van der Waals surface area contributed by atoms with E-state index >= 15 is 0 Å². The molecular formula is C25H27ClN2O5S3. The smallest absolute Gasteiger partial charge is 0.263 e. The van der Waals surface area contributed by atoms with Crippen molar-refractivity contribution in [3.05, 3.63) is 63.1 Å². The average molecular weight is 567 g/mol. The van der Waals surface area contributed by atoms with E-state index < -0.39 is 15.9 Å². The first-order valence-corrected chi connectivity index (χ1v) is 15.0. The van der Waals surface area contributed by atoms with Gasteiger partial charge in [-0.05, 0) is 54.8 Å². The van der Waals surface area contributed by atoms with E-state index in [1.807, 2.05) is 41.3 Å². The number of thioether (sulfide) groups is 1. The van der Waals surface area contributed by atoms with Crippen LogP contribution in [0.3, 0.4) is 0 Å². The maximum absolute atomic E-state index is 11.2. The second-order valence-electron chi connectivity index (χ2n) is 8.19. The Morgan fingerprint density at radius 2 is 2.08 bits per heavy atom. The number of ether oxygens (including phenoxy) is 1. The van der Waals surface area contributed by atoms with Gasteiger partial charge in [0.1, 0.15) is 17.1 Å². The Morgan fingerprint density at radius 3 is 2.78 bits per heavy atom. The number of hydrogen-bond donors (Lipinski definition) is 1. The van der Waals surface area contributed by atoms with E-state index in [4.69, 9.17) is 16.3 Å². The summed E-state index contributed by atoms with van der Waals surface area (Å²) in [5.74, 6) is 0.343. The van der Waals surface area contributed by atoms with Crippen LogP contribution >= 0.6 is 34.7 Å². The van der Waals surface area contributed by atoms with Crippen LogP contribution in [0.5, 0.6) is 5.75 Å². The molecule has 4 rings (SSSR count). The quantitative estimate of drug-likeness (QED) is 0.272. The Labute approximate surface area is 224 Å². The average Bonchev–Trinajstić information content (AvgIpc) is 3.35. The molecule has 36 heavy (non-hydrogen) atoms. The van der Waals surface area contributed by atoms with Gasteiger partial charge in [-0.25, -0.2) is 8.42 Å². The van der Waals surface area contributed by atoms with Gasteiger partial charge in [0, 0.05) is 28.3 Å². The fraction of sp³-hybridized carbons (Fsp3) is 0.320. The Morgan fingerprint density at radius 1 is 1.28 bits per heavy atom. The molecule has 192 valence electrons. The monoisotopic (exact) mass is 566 g/mol. The summed E-state index contributed by atoms with van der Waals surface area (Å²) in [7, 11) is -2.65. The number of benzene rings is 2. The number of rotatable bonds is 10. The number of aromatic nitrogens is 1. The molecule has 1 aliphatic rings. The molecule has 1 aliphatic heterocycles. The molecule has 11 heteroatoms. The third-order valence-corrected chi connectivity index (χ3v) is 9.00. The van der Waals surface area contributed by atoms with E-state index in [1.165, 1.54) is 0 Å². The highest BCUT2D eigenvalue weighted by Gasteiger charge is 2.26.